The molecule has 0 saturated carbocycles. The summed E-state index contributed by atoms with van der Waals surface area (Å²) in [4.78, 5) is 12.3. The summed E-state index contributed by atoms with van der Waals surface area (Å²) in [7, 11) is -3.53. The lowest BCUT2D eigenvalue weighted by Crippen LogP contribution is -2.36. The number of anilines is 1. The molecule has 7 nitrogen and oxygen atoms in total. The smallest absolute Gasteiger partial charge is 0.244 e. The Hall–Kier alpha value is -3.46. The third-order valence-electron chi connectivity index (χ3n) is 5.66. The first kappa shape index (κ1) is 22.7. The van der Waals surface area contributed by atoms with E-state index in [2.05, 4.69) is 10.4 Å². The van der Waals surface area contributed by atoms with Crippen molar-refractivity contribution < 1.29 is 17.6 Å². The molecule has 1 aliphatic rings. The van der Waals surface area contributed by atoms with E-state index in [4.69, 9.17) is 0 Å². The van der Waals surface area contributed by atoms with Crippen molar-refractivity contribution in [3.8, 4) is 5.69 Å². The molecule has 4 rings (SSSR count). The molecule has 0 aliphatic carbocycles. The highest BCUT2D eigenvalue weighted by Gasteiger charge is 2.28. The SMILES string of the molecule is Cc1nn(-c2ccc(F)cc2)c(C)c1/C=C/C(=O)NCCS(=O)(=O)N1CCc2ccccc21. The van der Waals surface area contributed by atoms with Crippen LogP contribution >= 0.6 is 0 Å². The highest BCUT2D eigenvalue weighted by Crippen LogP contribution is 2.29. The quantitative estimate of drug-likeness (QED) is 0.540. The van der Waals surface area contributed by atoms with Gasteiger partial charge in [0.05, 0.1) is 22.8 Å². The number of halogens is 1. The zero-order chi connectivity index (χ0) is 23.6. The average Bonchev–Trinajstić information content (AvgIpc) is 3.34. The molecule has 1 amide bonds. The number of carbonyl (C=O) groups excluding carboxylic acids is 1. The number of para-hydroxylation sites is 1. The van der Waals surface area contributed by atoms with Crippen LogP contribution in [0.4, 0.5) is 10.1 Å². The third-order valence-corrected chi connectivity index (χ3v) is 7.43. The van der Waals surface area contributed by atoms with Gasteiger partial charge in [0.2, 0.25) is 15.9 Å². The van der Waals surface area contributed by atoms with Crippen LogP contribution < -0.4 is 9.62 Å². The minimum Gasteiger partial charge on any atom is -0.351 e. The number of aryl methyl sites for hydroxylation is 1. The molecule has 2 aromatic carbocycles. The van der Waals surface area contributed by atoms with Crippen LogP contribution in [0, 0.1) is 19.7 Å². The standard InChI is InChI=1S/C24H25FN4O3S/c1-17-22(18(2)29(27-17)21-9-7-20(25)8-10-21)11-12-24(30)26-14-16-33(31,32)28-15-13-19-5-3-4-6-23(19)28/h3-12H,13-16H2,1-2H3,(H,26,30)/b12-11+. The first-order chi connectivity index (χ1) is 15.8. The Labute approximate surface area is 192 Å². The summed E-state index contributed by atoms with van der Waals surface area (Å²) in [6.07, 6.45) is 3.71. The van der Waals surface area contributed by atoms with Crippen molar-refractivity contribution in [2.24, 2.45) is 0 Å². The lowest BCUT2D eigenvalue weighted by Gasteiger charge is -2.19. The summed E-state index contributed by atoms with van der Waals surface area (Å²) >= 11 is 0. The maximum absolute atomic E-state index is 13.2. The highest BCUT2D eigenvalue weighted by molar-refractivity contribution is 7.92. The maximum atomic E-state index is 13.2. The number of fused-ring (bicyclic) bond motifs is 1. The van der Waals surface area contributed by atoms with Crippen molar-refractivity contribution in [3.05, 3.63) is 82.9 Å². The summed E-state index contributed by atoms with van der Waals surface area (Å²) in [5.74, 6) is -0.894. The Kier molecular flexibility index (Phi) is 6.33. The van der Waals surface area contributed by atoms with E-state index in [1.165, 1.54) is 22.5 Å². The number of amides is 1. The van der Waals surface area contributed by atoms with Gasteiger partial charge in [0.1, 0.15) is 5.82 Å². The van der Waals surface area contributed by atoms with E-state index in [0.29, 0.717) is 18.7 Å². The number of hydrogen-bond acceptors (Lipinski definition) is 4. The summed E-state index contributed by atoms with van der Waals surface area (Å²) in [5.41, 5.74) is 4.74. The number of sulfonamides is 1. The molecule has 9 heteroatoms. The van der Waals surface area contributed by atoms with Crippen LogP contribution in [0.5, 0.6) is 0 Å². The fourth-order valence-electron chi connectivity index (χ4n) is 3.96. The lowest BCUT2D eigenvalue weighted by atomic mass is 10.2. The summed E-state index contributed by atoms with van der Waals surface area (Å²) in [6.45, 7) is 4.12. The molecule has 0 radical (unpaired) electrons. The Morgan fingerprint density at radius 1 is 1.15 bits per heavy atom. The highest BCUT2D eigenvalue weighted by atomic mass is 32.2. The van der Waals surface area contributed by atoms with E-state index in [1.54, 1.807) is 29.0 Å². The predicted molar refractivity (Wildman–Crippen MR) is 126 cm³/mol. The van der Waals surface area contributed by atoms with Crippen molar-refractivity contribution in [1.29, 1.82) is 0 Å². The van der Waals surface area contributed by atoms with Crippen LogP contribution in [-0.4, -0.2) is 42.9 Å². The van der Waals surface area contributed by atoms with Gasteiger partial charge in [-0.1, -0.05) is 18.2 Å². The van der Waals surface area contributed by atoms with Gasteiger partial charge >= 0.3 is 0 Å². The minimum atomic E-state index is -3.53. The molecule has 0 atom stereocenters. The van der Waals surface area contributed by atoms with E-state index in [-0.39, 0.29) is 24.0 Å². The topological polar surface area (TPSA) is 84.3 Å². The second-order valence-electron chi connectivity index (χ2n) is 7.86. The van der Waals surface area contributed by atoms with Gasteiger partial charge in [0, 0.05) is 30.4 Å². The Bertz CT molecular complexity index is 1310. The molecule has 0 saturated heterocycles. The second kappa shape index (κ2) is 9.19. The van der Waals surface area contributed by atoms with Gasteiger partial charge in [-0.25, -0.2) is 17.5 Å². The van der Waals surface area contributed by atoms with Crippen LogP contribution in [0.2, 0.25) is 0 Å². The molecule has 172 valence electrons. The molecule has 1 aliphatic heterocycles. The average molecular weight is 469 g/mol. The van der Waals surface area contributed by atoms with E-state index in [0.717, 1.165) is 28.2 Å². The Balaban J connectivity index is 1.37. The first-order valence-corrected chi connectivity index (χ1v) is 12.2. The van der Waals surface area contributed by atoms with Gasteiger partial charge in [0.25, 0.3) is 0 Å². The van der Waals surface area contributed by atoms with E-state index >= 15 is 0 Å². The van der Waals surface area contributed by atoms with Crippen molar-refractivity contribution in [3.63, 3.8) is 0 Å². The normalized spacial score (nSPS) is 13.5. The zero-order valence-electron chi connectivity index (χ0n) is 18.5. The van der Waals surface area contributed by atoms with Crippen molar-refractivity contribution in [2.75, 3.05) is 23.1 Å². The van der Waals surface area contributed by atoms with Crippen LogP contribution in [0.15, 0.2) is 54.6 Å². The molecular formula is C24H25FN4O3S. The second-order valence-corrected chi connectivity index (χ2v) is 9.88. The number of rotatable bonds is 7. The van der Waals surface area contributed by atoms with Crippen molar-refractivity contribution in [2.45, 2.75) is 20.3 Å². The fraction of sp³-hybridized carbons (Fsp3) is 0.250. The van der Waals surface area contributed by atoms with E-state index in [9.17, 15) is 17.6 Å². The van der Waals surface area contributed by atoms with Crippen LogP contribution in [0.25, 0.3) is 11.8 Å². The number of aromatic nitrogens is 2. The van der Waals surface area contributed by atoms with Crippen LogP contribution in [-0.2, 0) is 21.2 Å². The third kappa shape index (κ3) is 4.83. The van der Waals surface area contributed by atoms with Gasteiger partial charge in [-0.3, -0.25) is 9.10 Å². The Morgan fingerprint density at radius 2 is 1.88 bits per heavy atom. The summed E-state index contributed by atoms with van der Waals surface area (Å²) in [5, 5.41) is 7.11. The van der Waals surface area contributed by atoms with Gasteiger partial charge in [0.15, 0.2) is 0 Å². The van der Waals surface area contributed by atoms with Gasteiger partial charge in [-0.15, -0.1) is 0 Å². The number of nitrogens with one attached hydrogen (secondary N) is 1. The van der Waals surface area contributed by atoms with Gasteiger partial charge in [-0.2, -0.15) is 5.10 Å². The first-order valence-electron chi connectivity index (χ1n) is 10.6. The van der Waals surface area contributed by atoms with E-state index in [1.807, 2.05) is 32.0 Å². The van der Waals surface area contributed by atoms with E-state index < -0.39 is 10.0 Å². The monoisotopic (exact) mass is 468 g/mol. The molecule has 1 N–H and O–H groups in total. The molecular weight excluding hydrogens is 443 g/mol. The minimum absolute atomic E-state index is 0.0109. The van der Waals surface area contributed by atoms with Crippen molar-refractivity contribution in [1.82, 2.24) is 15.1 Å². The number of nitrogens with zero attached hydrogens (tertiary/aromatic N) is 3. The number of hydrogen-bond donors (Lipinski definition) is 1. The summed E-state index contributed by atoms with van der Waals surface area (Å²) < 4.78 is 41.8. The molecule has 3 aromatic rings. The number of carbonyl (C=O) groups is 1. The fourth-order valence-corrected chi connectivity index (χ4v) is 5.39. The number of benzene rings is 2. The zero-order valence-corrected chi connectivity index (χ0v) is 19.3. The van der Waals surface area contributed by atoms with Crippen molar-refractivity contribution >= 4 is 27.7 Å². The summed E-state index contributed by atoms with van der Waals surface area (Å²) in [6, 6.07) is 13.4. The largest absolute Gasteiger partial charge is 0.351 e. The molecule has 1 aromatic heterocycles. The van der Waals surface area contributed by atoms with Crippen LogP contribution in [0.3, 0.4) is 0 Å². The Morgan fingerprint density at radius 3 is 2.64 bits per heavy atom. The molecule has 0 spiro atoms. The molecule has 0 bridgehead atoms. The molecule has 0 fully saturated rings. The van der Waals surface area contributed by atoms with Crippen LogP contribution in [0.1, 0.15) is 22.5 Å². The molecule has 2 heterocycles. The molecule has 33 heavy (non-hydrogen) atoms. The maximum Gasteiger partial charge on any atom is 0.244 e. The van der Waals surface area contributed by atoms with Gasteiger partial charge in [-0.05, 0) is 62.2 Å². The van der Waals surface area contributed by atoms with Gasteiger partial charge < -0.3 is 5.32 Å². The predicted octanol–water partition coefficient (Wildman–Crippen LogP) is 3.15. The lowest BCUT2D eigenvalue weighted by molar-refractivity contribution is -0.116. The molecule has 0 unspecified atom stereocenters.